The molecule has 7 heteroatoms. The lowest BCUT2D eigenvalue weighted by Crippen LogP contribution is -2.36. The standard InChI is InChI=1S/C25H30N4O3/c1-32-19-4-5-22-20(13-19)21(15-27-22)17-6-10-28(11-7-17)16-24(30)18-12-23(26-14-18)25(31)29-8-2-3-9-29/h4-5,12-15,17,26-27H,2-3,6-11,16H2,1H3. The summed E-state index contributed by atoms with van der Waals surface area (Å²) >= 11 is 0. The van der Waals surface area contributed by atoms with Crippen LogP contribution in [0.2, 0.25) is 0 Å². The van der Waals surface area contributed by atoms with Crippen molar-refractivity contribution in [2.45, 2.75) is 31.6 Å². The number of amides is 1. The summed E-state index contributed by atoms with van der Waals surface area (Å²) in [5.41, 5.74) is 3.58. The zero-order valence-electron chi connectivity index (χ0n) is 18.5. The van der Waals surface area contributed by atoms with Gasteiger partial charge < -0.3 is 19.6 Å². The number of carbonyl (C=O) groups is 2. The summed E-state index contributed by atoms with van der Waals surface area (Å²) in [7, 11) is 1.69. The number of ether oxygens (including phenoxy) is 1. The number of aromatic amines is 2. The average Bonchev–Trinajstić information content (AvgIpc) is 3.59. The van der Waals surface area contributed by atoms with Crippen LogP contribution in [0.25, 0.3) is 10.9 Å². The second-order valence-corrected chi connectivity index (χ2v) is 8.93. The predicted octanol–water partition coefficient (Wildman–Crippen LogP) is 3.80. The first kappa shape index (κ1) is 20.8. The van der Waals surface area contributed by atoms with Gasteiger partial charge in [0, 0.05) is 41.9 Å². The highest BCUT2D eigenvalue weighted by molar-refractivity contribution is 6.01. The number of likely N-dealkylation sites (tertiary alicyclic amines) is 2. The Morgan fingerprint density at radius 1 is 1.03 bits per heavy atom. The molecule has 0 spiro atoms. The molecule has 1 aromatic carbocycles. The molecule has 0 saturated carbocycles. The highest BCUT2D eigenvalue weighted by Crippen LogP contribution is 2.34. The van der Waals surface area contributed by atoms with Gasteiger partial charge >= 0.3 is 0 Å². The fourth-order valence-electron chi connectivity index (χ4n) is 5.05. The van der Waals surface area contributed by atoms with Gasteiger partial charge in [-0.2, -0.15) is 0 Å². The topological polar surface area (TPSA) is 81.4 Å². The molecule has 0 radical (unpaired) electrons. The van der Waals surface area contributed by atoms with Crippen molar-refractivity contribution in [3.63, 3.8) is 0 Å². The Kier molecular flexibility index (Phi) is 5.74. The number of rotatable bonds is 6. The molecule has 7 nitrogen and oxygen atoms in total. The van der Waals surface area contributed by atoms with E-state index in [-0.39, 0.29) is 11.7 Å². The molecule has 2 saturated heterocycles. The molecular formula is C25H30N4O3. The van der Waals surface area contributed by atoms with Crippen LogP contribution in [0.15, 0.2) is 36.7 Å². The predicted molar refractivity (Wildman–Crippen MR) is 124 cm³/mol. The Morgan fingerprint density at radius 3 is 2.56 bits per heavy atom. The Hall–Kier alpha value is -3.06. The van der Waals surface area contributed by atoms with E-state index in [0.717, 1.165) is 63.1 Å². The summed E-state index contributed by atoms with van der Waals surface area (Å²) in [5.74, 6) is 1.41. The summed E-state index contributed by atoms with van der Waals surface area (Å²) < 4.78 is 5.40. The van der Waals surface area contributed by atoms with E-state index in [4.69, 9.17) is 4.74 Å². The van der Waals surface area contributed by atoms with Crippen LogP contribution >= 0.6 is 0 Å². The Bertz CT molecular complexity index is 1120. The molecule has 2 N–H and O–H groups in total. The molecule has 0 aliphatic carbocycles. The SMILES string of the molecule is COc1ccc2[nH]cc(C3CCN(CC(=O)c4c[nH]c(C(=O)N5CCCC5)c4)CC3)c2c1. The van der Waals surface area contributed by atoms with Gasteiger partial charge in [0.15, 0.2) is 5.78 Å². The second kappa shape index (κ2) is 8.82. The van der Waals surface area contributed by atoms with Gasteiger partial charge in [0.2, 0.25) is 0 Å². The summed E-state index contributed by atoms with van der Waals surface area (Å²) in [5, 5.41) is 1.22. The first-order valence-corrected chi connectivity index (χ1v) is 11.5. The molecule has 0 unspecified atom stereocenters. The van der Waals surface area contributed by atoms with Crippen molar-refractivity contribution >= 4 is 22.6 Å². The molecular weight excluding hydrogens is 404 g/mol. The van der Waals surface area contributed by atoms with Gasteiger partial charge in [-0.3, -0.25) is 14.5 Å². The smallest absolute Gasteiger partial charge is 0.270 e. The fourth-order valence-corrected chi connectivity index (χ4v) is 5.05. The number of nitrogens with zero attached hydrogens (tertiary/aromatic N) is 2. The molecule has 2 aliphatic rings. The second-order valence-electron chi connectivity index (χ2n) is 8.93. The minimum atomic E-state index is -0.00211. The van der Waals surface area contributed by atoms with Gasteiger partial charge in [-0.05, 0) is 74.5 Å². The highest BCUT2D eigenvalue weighted by Gasteiger charge is 2.26. The molecule has 0 bridgehead atoms. The molecule has 32 heavy (non-hydrogen) atoms. The van der Waals surface area contributed by atoms with Crippen molar-refractivity contribution in [2.24, 2.45) is 0 Å². The molecule has 3 aromatic rings. The van der Waals surface area contributed by atoms with Gasteiger partial charge in [0.05, 0.1) is 13.7 Å². The number of methoxy groups -OCH3 is 1. The Labute approximate surface area is 187 Å². The Morgan fingerprint density at radius 2 is 1.81 bits per heavy atom. The normalized spacial score (nSPS) is 17.8. The number of H-pyrrole nitrogens is 2. The Balaban J connectivity index is 1.18. The van der Waals surface area contributed by atoms with Gasteiger partial charge in [0.1, 0.15) is 11.4 Å². The number of fused-ring (bicyclic) bond motifs is 1. The maximum absolute atomic E-state index is 12.8. The van der Waals surface area contributed by atoms with Crippen molar-refractivity contribution in [3.8, 4) is 5.75 Å². The van der Waals surface area contributed by atoms with E-state index in [9.17, 15) is 9.59 Å². The monoisotopic (exact) mass is 434 g/mol. The number of carbonyl (C=O) groups excluding carboxylic acids is 2. The van der Waals surface area contributed by atoms with E-state index in [1.54, 1.807) is 19.4 Å². The van der Waals surface area contributed by atoms with E-state index in [1.165, 1.54) is 10.9 Å². The molecule has 5 rings (SSSR count). The largest absolute Gasteiger partial charge is 0.497 e. The van der Waals surface area contributed by atoms with Crippen molar-refractivity contribution < 1.29 is 14.3 Å². The van der Waals surface area contributed by atoms with Crippen LogP contribution in [-0.2, 0) is 0 Å². The van der Waals surface area contributed by atoms with Crippen LogP contribution in [-0.4, -0.2) is 71.3 Å². The summed E-state index contributed by atoms with van der Waals surface area (Å²) in [6, 6.07) is 7.85. The molecule has 0 atom stereocenters. The average molecular weight is 435 g/mol. The molecule has 168 valence electrons. The molecule has 2 aliphatic heterocycles. The third kappa shape index (κ3) is 4.05. The highest BCUT2D eigenvalue weighted by atomic mass is 16.5. The van der Waals surface area contributed by atoms with E-state index in [1.807, 2.05) is 11.0 Å². The lowest BCUT2D eigenvalue weighted by atomic mass is 9.89. The fraction of sp³-hybridized carbons (Fsp3) is 0.440. The van der Waals surface area contributed by atoms with Crippen LogP contribution in [0, 0.1) is 0 Å². The van der Waals surface area contributed by atoms with Crippen molar-refractivity contribution in [2.75, 3.05) is 39.8 Å². The zero-order valence-corrected chi connectivity index (χ0v) is 18.5. The van der Waals surface area contributed by atoms with Crippen LogP contribution < -0.4 is 4.74 Å². The van der Waals surface area contributed by atoms with E-state index in [2.05, 4.69) is 33.2 Å². The van der Waals surface area contributed by atoms with Gasteiger partial charge in [-0.25, -0.2) is 0 Å². The number of nitrogens with one attached hydrogen (secondary N) is 2. The summed E-state index contributed by atoms with van der Waals surface area (Å²) in [4.78, 5) is 35.8. The first-order valence-electron chi connectivity index (χ1n) is 11.5. The van der Waals surface area contributed by atoms with Crippen molar-refractivity contribution in [1.82, 2.24) is 19.8 Å². The number of benzene rings is 1. The molecule has 4 heterocycles. The summed E-state index contributed by atoms with van der Waals surface area (Å²) in [6.45, 7) is 3.77. The molecule has 1 amide bonds. The minimum absolute atomic E-state index is 0.00211. The number of hydrogen-bond acceptors (Lipinski definition) is 4. The molecule has 2 aromatic heterocycles. The minimum Gasteiger partial charge on any atom is -0.497 e. The van der Waals surface area contributed by atoms with Gasteiger partial charge in [-0.1, -0.05) is 0 Å². The van der Waals surface area contributed by atoms with Crippen LogP contribution in [0.4, 0.5) is 0 Å². The number of piperidine rings is 1. The first-order chi connectivity index (χ1) is 15.6. The molecule has 2 fully saturated rings. The number of hydrogen-bond donors (Lipinski definition) is 2. The summed E-state index contributed by atoms with van der Waals surface area (Å²) in [6.07, 6.45) is 7.94. The lowest BCUT2D eigenvalue weighted by molar-refractivity contribution is 0.0787. The van der Waals surface area contributed by atoms with Gasteiger partial charge in [0.25, 0.3) is 5.91 Å². The maximum Gasteiger partial charge on any atom is 0.270 e. The van der Waals surface area contributed by atoms with Crippen LogP contribution in [0.1, 0.15) is 58.0 Å². The third-order valence-electron chi connectivity index (χ3n) is 6.94. The van der Waals surface area contributed by atoms with Crippen LogP contribution in [0.3, 0.4) is 0 Å². The van der Waals surface area contributed by atoms with Crippen LogP contribution in [0.5, 0.6) is 5.75 Å². The van der Waals surface area contributed by atoms with Crippen molar-refractivity contribution in [1.29, 1.82) is 0 Å². The third-order valence-corrected chi connectivity index (χ3v) is 6.94. The quantitative estimate of drug-likeness (QED) is 0.578. The van der Waals surface area contributed by atoms with E-state index >= 15 is 0 Å². The zero-order chi connectivity index (χ0) is 22.1. The number of aromatic nitrogens is 2. The lowest BCUT2D eigenvalue weighted by Gasteiger charge is -2.31. The number of Topliss-reactive ketones (excluding diaryl/α,β-unsaturated/α-hetero) is 1. The maximum atomic E-state index is 12.8. The van der Waals surface area contributed by atoms with E-state index in [0.29, 0.717) is 23.7 Å². The van der Waals surface area contributed by atoms with E-state index < -0.39 is 0 Å². The van der Waals surface area contributed by atoms with Gasteiger partial charge in [-0.15, -0.1) is 0 Å². The van der Waals surface area contributed by atoms with Crippen molar-refractivity contribution in [3.05, 3.63) is 53.5 Å². The number of ketones is 1.